The second-order valence-corrected chi connectivity index (χ2v) is 7.19. The SMILES string of the molecule is CNCCN=C1CCC(C2=CC=C(N3CC(CNC(=O)OC)OC3=O)CC2F)=CN1. The molecule has 164 valence electrons. The van der Waals surface area contributed by atoms with Crippen LogP contribution in [-0.4, -0.2) is 75.5 Å². The molecule has 1 aliphatic carbocycles. The van der Waals surface area contributed by atoms with Crippen LogP contribution in [0.5, 0.6) is 0 Å². The van der Waals surface area contributed by atoms with E-state index in [0.717, 1.165) is 24.4 Å². The van der Waals surface area contributed by atoms with E-state index in [9.17, 15) is 14.0 Å². The maximum atomic E-state index is 14.9. The Labute approximate surface area is 175 Å². The molecule has 30 heavy (non-hydrogen) atoms. The van der Waals surface area contributed by atoms with Gasteiger partial charge in [0.25, 0.3) is 0 Å². The summed E-state index contributed by atoms with van der Waals surface area (Å²) in [5.41, 5.74) is 2.10. The third-order valence-electron chi connectivity index (χ3n) is 5.14. The first-order chi connectivity index (χ1) is 14.5. The van der Waals surface area contributed by atoms with Crippen molar-refractivity contribution in [2.45, 2.75) is 31.5 Å². The molecule has 0 saturated carbocycles. The number of alkyl carbamates (subject to hydrolysis) is 1. The van der Waals surface area contributed by atoms with Gasteiger partial charge in [-0.2, -0.15) is 0 Å². The molecular formula is C20H28FN5O4. The zero-order valence-electron chi connectivity index (χ0n) is 17.2. The number of hydrogen-bond acceptors (Lipinski definition) is 6. The summed E-state index contributed by atoms with van der Waals surface area (Å²) in [6.45, 7) is 1.90. The van der Waals surface area contributed by atoms with Gasteiger partial charge in [0.2, 0.25) is 0 Å². The monoisotopic (exact) mass is 421 g/mol. The average Bonchev–Trinajstić information content (AvgIpc) is 3.13. The lowest BCUT2D eigenvalue weighted by molar-refractivity contribution is 0.128. The number of cyclic esters (lactones) is 1. The number of aliphatic imine (C=N–C) groups is 1. The van der Waals surface area contributed by atoms with E-state index in [0.29, 0.717) is 24.2 Å². The van der Waals surface area contributed by atoms with E-state index >= 15 is 0 Å². The van der Waals surface area contributed by atoms with Gasteiger partial charge in [0, 0.05) is 31.3 Å². The molecule has 3 N–H and O–H groups in total. The molecule has 10 heteroatoms. The number of methoxy groups -OCH3 is 1. The predicted octanol–water partition coefficient (Wildman–Crippen LogP) is 1.60. The van der Waals surface area contributed by atoms with Crippen molar-refractivity contribution in [3.05, 3.63) is 35.2 Å². The number of carbonyl (C=O) groups excluding carboxylic acids is 2. The molecule has 1 saturated heterocycles. The van der Waals surface area contributed by atoms with Crippen molar-refractivity contribution >= 4 is 18.0 Å². The minimum absolute atomic E-state index is 0.0958. The van der Waals surface area contributed by atoms with E-state index in [1.165, 1.54) is 12.0 Å². The molecule has 0 spiro atoms. The molecule has 2 aliphatic heterocycles. The summed E-state index contributed by atoms with van der Waals surface area (Å²) in [4.78, 5) is 29.2. The lowest BCUT2D eigenvalue weighted by Gasteiger charge is -2.26. The van der Waals surface area contributed by atoms with E-state index in [2.05, 4.69) is 25.7 Å². The Hall–Kier alpha value is -2.88. The van der Waals surface area contributed by atoms with Crippen LogP contribution in [-0.2, 0) is 9.47 Å². The highest BCUT2D eigenvalue weighted by atomic mass is 19.1. The van der Waals surface area contributed by atoms with Crippen LogP contribution >= 0.6 is 0 Å². The Balaban J connectivity index is 1.60. The van der Waals surface area contributed by atoms with Crippen molar-refractivity contribution in [1.82, 2.24) is 20.9 Å². The number of alkyl halides is 1. The zero-order valence-corrected chi connectivity index (χ0v) is 17.2. The Morgan fingerprint density at radius 2 is 2.27 bits per heavy atom. The average molecular weight is 421 g/mol. The van der Waals surface area contributed by atoms with Gasteiger partial charge in [-0.15, -0.1) is 0 Å². The number of hydrogen-bond donors (Lipinski definition) is 3. The number of ether oxygens (including phenoxy) is 2. The Morgan fingerprint density at radius 3 is 2.93 bits per heavy atom. The molecule has 3 rings (SSSR count). The summed E-state index contributed by atoms with van der Waals surface area (Å²) in [5.74, 6) is 0.906. The smallest absolute Gasteiger partial charge is 0.414 e. The largest absolute Gasteiger partial charge is 0.453 e. The third-order valence-corrected chi connectivity index (χ3v) is 5.14. The minimum Gasteiger partial charge on any atom is -0.453 e. The van der Waals surface area contributed by atoms with Gasteiger partial charge in [0.15, 0.2) is 0 Å². The first-order valence-corrected chi connectivity index (χ1v) is 10.0. The fraction of sp³-hybridized carbons (Fsp3) is 0.550. The summed E-state index contributed by atoms with van der Waals surface area (Å²) in [5, 5.41) is 8.70. The van der Waals surface area contributed by atoms with Gasteiger partial charge in [0.05, 0.1) is 26.7 Å². The minimum atomic E-state index is -1.21. The number of nitrogens with one attached hydrogen (secondary N) is 3. The van der Waals surface area contributed by atoms with Crippen LogP contribution in [0, 0.1) is 0 Å². The van der Waals surface area contributed by atoms with E-state index in [1.807, 2.05) is 13.2 Å². The quantitative estimate of drug-likeness (QED) is 0.540. The molecule has 9 nitrogen and oxygen atoms in total. The molecular weight excluding hydrogens is 393 g/mol. The number of amidine groups is 1. The zero-order chi connectivity index (χ0) is 21.5. The summed E-state index contributed by atoms with van der Waals surface area (Å²) in [6.07, 6.45) is 4.01. The summed E-state index contributed by atoms with van der Waals surface area (Å²) in [7, 11) is 3.14. The molecule has 0 aromatic heterocycles. The maximum Gasteiger partial charge on any atom is 0.414 e. The molecule has 2 heterocycles. The Bertz CT molecular complexity index is 792. The molecule has 0 bridgehead atoms. The summed E-state index contributed by atoms with van der Waals surface area (Å²) >= 11 is 0. The van der Waals surface area contributed by atoms with Gasteiger partial charge in [-0.1, -0.05) is 6.08 Å². The summed E-state index contributed by atoms with van der Waals surface area (Å²) in [6, 6.07) is 0. The van der Waals surface area contributed by atoms with Gasteiger partial charge < -0.3 is 25.4 Å². The number of nitrogens with zero attached hydrogens (tertiary/aromatic N) is 2. The van der Waals surface area contributed by atoms with Gasteiger partial charge in [-0.25, -0.2) is 14.0 Å². The number of allylic oxidation sites excluding steroid dienone is 5. The number of amides is 2. The molecule has 2 amide bonds. The van der Waals surface area contributed by atoms with Crippen molar-refractivity contribution < 1.29 is 23.5 Å². The van der Waals surface area contributed by atoms with Crippen LogP contribution in [0.4, 0.5) is 14.0 Å². The third kappa shape index (κ3) is 5.38. The van der Waals surface area contributed by atoms with Crippen molar-refractivity contribution in [3.63, 3.8) is 0 Å². The standard InChI is InChI=1S/C20H28FN5O4/c1-22-7-8-23-18-6-3-13(10-24-18)16-5-4-14(9-17(16)21)26-12-15(30-20(26)28)11-25-19(27)29-2/h4-5,10,15,17,22H,3,6-9,11-12H2,1-2H3,(H,23,24)(H,25,27). The van der Waals surface area contributed by atoms with Crippen LogP contribution in [0.2, 0.25) is 0 Å². The van der Waals surface area contributed by atoms with Crippen LogP contribution in [0.15, 0.2) is 40.2 Å². The normalized spacial score (nSPS) is 25.2. The first kappa shape index (κ1) is 21.8. The highest BCUT2D eigenvalue weighted by molar-refractivity contribution is 5.85. The van der Waals surface area contributed by atoms with Crippen LogP contribution in [0.3, 0.4) is 0 Å². The topological polar surface area (TPSA) is 104 Å². The molecule has 3 aliphatic rings. The lowest BCUT2D eigenvalue weighted by atomic mass is 9.90. The van der Waals surface area contributed by atoms with E-state index in [-0.39, 0.29) is 19.5 Å². The van der Waals surface area contributed by atoms with Crippen LogP contribution in [0.25, 0.3) is 0 Å². The Morgan fingerprint density at radius 1 is 1.43 bits per heavy atom. The molecule has 0 radical (unpaired) electrons. The fourth-order valence-electron chi connectivity index (χ4n) is 3.51. The second-order valence-electron chi connectivity index (χ2n) is 7.19. The van der Waals surface area contributed by atoms with E-state index in [4.69, 9.17) is 4.74 Å². The predicted molar refractivity (Wildman–Crippen MR) is 110 cm³/mol. The van der Waals surface area contributed by atoms with Crippen molar-refractivity contribution in [2.75, 3.05) is 40.3 Å². The van der Waals surface area contributed by atoms with E-state index in [1.54, 1.807) is 12.2 Å². The first-order valence-electron chi connectivity index (χ1n) is 10.0. The van der Waals surface area contributed by atoms with Gasteiger partial charge in [-0.05, 0) is 30.7 Å². The van der Waals surface area contributed by atoms with Crippen LogP contribution < -0.4 is 16.0 Å². The van der Waals surface area contributed by atoms with Crippen molar-refractivity contribution in [3.8, 4) is 0 Å². The van der Waals surface area contributed by atoms with Gasteiger partial charge in [0.1, 0.15) is 18.1 Å². The highest BCUT2D eigenvalue weighted by Gasteiger charge is 2.36. The number of rotatable bonds is 7. The fourth-order valence-corrected chi connectivity index (χ4v) is 3.51. The van der Waals surface area contributed by atoms with E-state index < -0.39 is 24.5 Å². The molecule has 2 atom stereocenters. The van der Waals surface area contributed by atoms with Crippen molar-refractivity contribution in [1.29, 1.82) is 0 Å². The maximum absolute atomic E-state index is 14.9. The molecule has 1 fully saturated rings. The molecule has 2 unspecified atom stereocenters. The molecule has 0 aromatic carbocycles. The number of halogens is 1. The summed E-state index contributed by atoms with van der Waals surface area (Å²) < 4.78 is 24.7. The highest BCUT2D eigenvalue weighted by Crippen LogP contribution is 2.33. The Kier molecular flexibility index (Phi) is 7.45. The second kappa shape index (κ2) is 10.2. The van der Waals surface area contributed by atoms with Gasteiger partial charge >= 0.3 is 12.2 Å². The van der Waals surface area contributed by atoms with Crippen LogP contribution in [0.1, 0.15) is 19.3 Å². The molecule has 0 aromatic rings. The van der Waals surface area contributed by atoms with Crippen molar-refractivity contribution in [2.24, 2.45) is 4.99 Å². The number of likely N-dealkylation sites (N-methyl/N-ethyl adjacent to an activating group) is 1. The lowest BCUT2D eigenvalue weighted by Crippen LogP contribution is -2.34. The number of carbonyl (C=O) groups is 2. The van der Waals surface area contributed by atoms with Gasteiger partial charge in [-0.3, -0.25) is 9.89 Å².